The Balaban J connectivity index is 2.35. The van der Waals surface area contributed by atoms with Crippen LogP contribution in [0.2, 0.25) is 0 Å². The highest BCUT2D eigenvalue weighted by molar-refractivity contribution is 5.77. The third kappa shape index (κ3) is 1.50. The highest BCUT2D eigenvalue weighted by Gasteiger charge is 2.46. The normalized spacial score (nSPS) is 23.5. The lowest BCUT2D eigenvalue weighted by Gasteiger charge is -2.33. The average Bonchev–Trinajstić information content (AvgIpc) is 2.28. The summed E-state index contributed by atoms with van der Waals surface area (Å²) in [6, 6.07) is 6.85. The van der Waals surface area contributed by atoms with Gasteiger partial charge in [-0.05, 0) is 12.1 Å². The lowest BCUT2D eigenvalue weighted by Crippen LogP contribution is -2.53. The van der Waals surface area contributed by atoms with Crippen LogP contribution in [0.1, 0.15) is 0 Å². The monoisotopic (exact) mass is 210 g/mol. The number of ether oxygens (including phenoxy) is 3. The molecule has 0 bridgehead atoms. The van der Waals surface area contributed by atoms with Crippen LogP contribution in [0, 0.1) is 0 Å². The first kappa shape index (κ1) is 9.79. The minimum Gasteiger partial charge on any atom is -0.482 e. The summed E-state index contributed by atoms with van der Waals surface area (Å²) < 4.78 is 15.4. The second kappa shape index (κ2) is 3.43. The van der Waals surface area contributed by atoms with Crippen molar-refractivity contribution in [3.8, 4) is 11.5 Å². The van der Waals surface area contributed by atoms with E-state index in [2.05, 4.69) is 0 Å². The second-order valence-electron chi connectivity index (χ2n) is 3.10. The van der Waals surface area contributed by atoms with E-state index in [-0.39, 0.29) is 6.61 Å². The number of hydrogen-bond acceptors (Lipinski definition) is 4. The highest BCUT2D eigenvalue weighted by Crippen LogP contribution is 2.35. The predicted molar refractivity (Wildman–Crippen MR) is 49.9 cm³/mol. The molecule has 0 saturated heterocycles. The summed E-state index contributed by atoms with van der Waals surface area (Å²) in [7, 11) is 1.27. The van der Waals surface area contributed by atoms with Gasteiger partial charge in [0.15, 0.2) is 18.1 Å². The van der Waals surface area contributed by atoms with Crippen LogP contribution < -0.4 is 9.47 Å². The van der Waals surface area contributed by atoms with Gasteiger partial charge in [0, 0.05) is 7.11 Å². The molecule has 1 atom stereocenters. The summed E-state index contributed by atoms with van der Waals surface area (Å²) in [4.78, 5) is 11.0. The van der Waals surface area contributed by atoms with Crippen LogP contribution in [-0.4, -0.2) is 30.6 Å². The highest BCUT2D eigenvalue weighted by atomic mass is 16.7. The Bertz CT molecular complexity index is 389. The Labute approximate surface area is 86.2 Å². The van der Waals surface area contributed by atoms with Crippen molar-refractivity contribution < 1.29 is 24.1 Å². The molecular weight excluding hydrogens is 200 g/mol. The molecule has 1 unspecified atom stereocenters. The fraction of sp³-hybridized carbons (Fsp3) is 0.300. The van der Waals surface area contributed by atoms with Gasteiger partial charge >= 0.3 is 11.8 Å². The molecule has 0 amide bonds. The van der Waals surface area contributed by atoms with Crippen molar-refractivity contribution in [1.82, 2.24) is 0 Å². The van der Waals surface area contributed by atoms with Crippen molar-refractivity contribution in [3.63, 3.8) is 0 Å². The molecule has 5 heteroatoms. The van der Waals surface area contributed by atoms with Crippen LogP contribution in [0.5, 0.6) is 11.5 Å². The van der Waals surface area contributed by atoms with E-state index >= 15 is 0 Å². The number of carboxylic acid groups (broad SMARTS) is 1. The van der Waals surface area contributed by atoms with E-state index in [4.69, 9.17) is 19.3 Å². The SMILES string of the molecule is COC1(C(=O)O)COc2ccccc2O1. The summed E-state index contributed by atoms with van der Waals surface area (Å²) in [6.07, 6.45) is 0. The first-order valence-electron chi connectivity index (χ1n) is 4.37. The van der Waals surface area contributed by atoms with E-state index in [9.17, 15) is 4.79 Å². The lowest BCUT2D eigenvalue weighted by molar-refractivity contribution is -0.218. The van der Waals surface area contributed by atoms with Gasteiger partial charge in [-0.2, -0.15) is 0 Å². The Kier molecular flexibility index (Phi) is 2.24. The van der Waals surface area contributed by atoms with Crippen molar-refractivity contribution in [2.75, 3.05) is 13.7 Å². The molecule has 5 nitrogen and oxygen atoms in total. The van der Waals surface area contributed by atoms with Gasteiger partial charge in [0.1, 0.15) is 0 Å². The van der Waals surface area contributed by atoms with Crippen molar-refractivity contribution in [2.24, 2.45) is 0 Å². The summed E-state index contributed by atoms with van der Waals surface area (Å²) in [6.45, 7) is -0.171. The smallest absolute Gasteiger partial charge is 0.381 e. The maximum Gasteiger partial charge on any atom is 0.381 e. The third-order valence-corrected chi connectivity index (χ3v) is 2.20. The third-order valence-electron chi connectivity index (χ3n) is 2.20. The zero-order chi connectivity index (χ0) is 10.9. The van der Waals surface area contributed by atoms with Crippen LogP contribution in [0.3, 0.4) is 0 Å². The molecule has 2 rings (SSSR count). The van der Waals surface area contributed by atoms with E-state index in [0.29, 0.717) is 11.5 Å². The minimum atomic E-state index is -1.74. The lowest BCUT2D eigenvalue weighted by atomic mass is 10.2. The molecule has 1 aromatic carbocycles. The van der Waals surface area contributed by atoms with E-state index in [1.807, 2.05) is 0 Å². The van der Waals surface area contributed by atoms with Gasteiger partial charge in [-0.25, -0.2) is 4.79 Å². The topological polar surface area (TPSA) is 65.0 Å². The number of aliphatic carboxylic acids is 1. The first-order chi connectivity index (χ1) is 7.18. The summed E-state index contributed by atoms with van der Waals surface area (Å²) in [5, 5.41) is 8.98. The maximum atomic E-state index is 11.0. The van der Waals surface area contributed by atoms with Crippen LogP contribution in [0.15, 0.2) is 24.3 Å². The minimum absolute atomic E-state index is 0.171. The molecule has 1 N–H and O–H groups in total. The molecule has 15 heavy (non-hydrogen) atoms. The van der Waals surface area contributed by atoms with E-state index in [0.717, 1.165) is 0 Å². The molecule has 0 saturated carbocycles. The quantitative estimate of drug-likeness (QED) is 0.785. The van der Waals surface area contributed by atoms with Crippen LogP contribution in [0.4, 0.5) is 0 Å². The number of carbonyl (C=O) groups is 1. The van der Waals surface area contributed by atoms with Gasteiger partial charge in [0.05, 0.1) is 0 Å². The molecular formula is C10H10O5. The molecule has 0 aromatic heterocycles. The fourth-order valence-electron chi connectivity index (χ4n) is 1.33. The number of methoxy groups -OCH3 is 1. The average molecular weight is 210 g/mol. The molecule has 0 spiro atoms. The van der Waals surface area contributed by atoms with Crippen molar-refractivity contribution in [1.29, 1.82) is 0 Å². The Hall–Kier alpha value is -1.75. The second-order valence-corrected chi connectivity index (χ2v) is 3.10. The molecule has 80 valence electrons. The number of para-hydroxylation sites is 2. The molecule has 0 fully saturated rings. The van der Waals surface area contributed by atoms with Crippen LogP contribution >= 0.6 is 0 Å². The standard InChI is InChI=1S/C10H10O5/c1-13-10(9(11)12)6-14-7-4-2-3-5-8(7)15-10/h2-5H,6H2,1H3,(H,11,12). The van der Waals surface area contributed by atoms with Crippen molar-refractivity contribution in [2.45, 2.75) is 5.79 Å². The van der Waals surface area contributed by atoms with Gasteiger partial charge in [0.2, 0.25) is 0 Å². The Morgan fingerprint density at radius 3 is 2.73 bits per heavy atom. The van der Waals surface area contributed by atoms with Gasteiger partial charge in [-0.3, -0.25) is 0 Å². The number of hydrogen-bond donors (Lipinski definition) is 1. The number of rotatable bonds is 2. The van der Waals surface area contributed by atoms with E-state index in [1.54, 1.807) is 24.3 Å². The summed E-state index contributed by atoms with van der Waals surface area (Å²) >= 11 is 0. The molecule has 0 radical (unpaired) electrons. The number of fused-ring (bicyclic) bond motifs is 1. The first-order valence-corrected chi connectivity index (χ1v) is 4.37. The molecule has 1 aliphatic rings. The van der Waals surface area contributed by atoms with E-state index < -0.39 is 11.8 Å². The summed E-state index contributed by atoms with van der Waals surface area (Å²) in [5.41, 5.74) is 0. The van der Waals surface area contributed by atoms with Gasteiger partial charge in [-0.15, -0.1) is 0 Å². The van der Waals surface area contributed by atoms with E-state index in [1.165, 1.54) is 7.11 Å². The van der Waals surface area contributed by atoms with Crippen LogP contribution in [0.25, 0.3) is 0 Å². The largest absolute Gasteiger partial charge is 0.482 e. The zero-order valence-electron chi connectivity index (χ0n) is 8.10. The van der Waals surface area contributed by atoms with Gasteiger partial charge in [-0.1, -0.05) is 12.1 Å². The van der Waals surface area contributed by atoms with Crippen molar-refractivity contribution >= 4 is 5.97 Å². The number of carboxylic acids is 1. The fourth-order valence-corrected chi connectivity index (χ4v) is 1.33. The molecule has 1 aliphatic heterocycles. The van der Waals surface area contributed by atoms with Crippen molar-refractivity contribution in [3.05, 3.63) is 24.3 Å². The zero-order valence-corrected chi connectivity index (χ0v) is 8.10. The molecule has 1 aromatic rings. The molecule has 1 heterocycles. The molecule has 0 aliphatic carbocycles. The van der Waals surface area contributed by atoms with Gasteiger partial charge in [0.25, 0.3) is 0 Å². The summed E-state index contributed by atoms with van der Waals surface area (Å²) in [5.74, 6) is -2.06. The Morgan fingerprint density at radius 1 is 1.47 bits per heavy atom. The maximum absolute atomic E-state index is 11.0. The van der Waals surface area contributed by atoms with Crippen LogP contribution in [-0.2, 0) is 9.53 Å². The predicted octanol–water partition coefficient (Wildman–Crippen LogP) is 0.885. The van der Waals surface area contributed by atoms with Gasteiger partial charge < -0.3 is 19.3 Å². The Morgan fingerprint density at radius 2 is 2.13 bits per heavy atom. The number of benzene rings is 1.